The number of nitrogens with zero attached hydrogens (tertiary/aromatic N) is 1. The zero-order valence-corrected chi connectivity index (χ0v) is 15.5. The molecular formula is C16H22BrNO6. The van der Waals surface area contributed by atoms with E-state index in [1.165, 1.54) is 7.11 Å². The Morgan fingerprint density at radius 3 is 2.79 bits per heavy atom. The van der Waals surface area contributed by atoms with Crippen molar-refractivity contribution < 1.29 is 24.1 Å². The third-order valence-electron chi connectivity index (χ3n) is 5.10. The second kappa shape index (κ2) is 6.76. The molecule has 0 spiro atoms. The molecule has 0 amide bonds. The van der Waals surface area contributed by atoms with E-state index in [1.54, 1.807) is 20.4 Å². The molecule has 134 valence electrons. The van der Waals surface area contributed by atoms with Crippen LogP contribution in [0.4, 0.5) is 0 Å². The Hall–Kier alpha value is -0.930. The number of pyridine rings is 1. The quantitative estimate of drug-likeness (QED) is 0.800. The summed E-state index contributed by atoms with van der Waals surface area (Å²) < 4.78 is 25.4. The smallest absolute Gasteiger partial charge is 0.237 e. The van der Waals surface area contributed by atoms with Gasteiger partial charge in [0.05, 0.1) is 23.3 Å². The Morgan fingerprint density at radius 2 is 2.21 bits per heavy atom. The molecular weight excluding hydrogens is 382 g/mol. The average molecular weight is 404 g/mol. The summed E-state index contributed by atoms with van der Waals surface area (Å²) in [7, 11) is 4.61. The van der Waals surface area contributed by atoms with E-state index in [0.717, 1.165) is 6.42 Å². The van der Waals surface area contributed by atoms with E-state index >= 15 is 0 Å². The van der Waals surface area contributed by atoms with Crippen molar-refractivity contribution in [2.24, 2.45) is 0 Å². The summed E-state index contributed by atoms with van der Waals surface area (Å²) in [4.78, 5) is 12.5. The van der Waals surface area contributed by atoms with Crippen molar-refractivity contribution in [3.63, 3.8) is 0 Å². The summed E-state index contributed by atoms with van der Waals surface area (Å²) in [5, 5.41) is 9.62. The number of fused-ring (bicyclic) bond motifs is 3. The molecule has 2 aliphatic rings. The van der Waals surface area contributed by atoms with E-state index in [2.05, 4.69) is 15.9 Å². The molecule has 0 aliphatic carbocycles. The number of aliphatic hydroxyl groups excluding tert-OH is 1. The minimum atomic E-state index is -0.891. The van der Waals surface area contributed by atoms with Crippen molar-refractivity contribution >= 4 is 15.9 Å². The Balaban J connectivity index is 2.32. The Morgan fingerprint density at radius 1 is 1.46 bits per heavy atom. The summed E-state index contributed by atoms with van der Waals surface area (Å²) in [5.74, 6) is 0.223. The molecule has 7 nitrogen and oxygen atoms in total. The molecule has 1 fully saturated rings. The van der Waals surface area contributed by atoms with E-state index in [9.17, 15) is 9.90 Å². The Labute approximate surface area is 148 Å². The van der Waals surface area contributed by atoms with Crippen LogP contribution in [0, 0.1) is 0 Å². The lowest BCUT2D eigenvalue weighted by atomic mass is 9.77. The first-order valence-corrected chi connectivity index (χ1v) is 8.64. The van der Waals surface area contributed by atoms with E-state index in [4.69, 9.17) is 18.9 Å². The van der Waals surface area contributed by atoms with E-state index in [-0.39, 0.29) is 29.9 Å². The normalized spacial score (nSPS) is 31.6. The summed E-state index contributed by atoms with van der Waals surface area (Å²) in [5.41, 5.74) is -0.509. The third-order valence-corrected chi connectivity index (χ3v) is 5.67. The molecule has 0 radical (unpaired) electrons. The zero-order chi connectivity index (χ0) is 17.5. The topological polar surface area (TPSA) is 79.2 Å². The van der Waals surface area contributed by atoms with Gasteiger partial charge >= 0.3 is 0 Å². The van der Waals surface area contributed by atoms with Crippen LogP contribution in [0.1, 0.15) is 30.7 Å². The van der Waals surface area contributed by atoms with Crippen molar-refractivity contribution in [2.45, 2.75) is 36.7 Å². The minimum Gasteiger partial charge on any atom is -0.491 e. The van der Waals surface area contributed by atoms with Crippen molar-refractivity contribution in [3.05, 3.63) is 26.6 Å². The predicted molar refractivity (Wildman–Crippen MR) is 89.5 cm³/mol. The van der Waals surface area contributed by atoms with Crippen LogP contribution >= 0.6 is 15.9 Å². The lowest BCUT2D eigenvalue weighted by Gasteiger charge is -2.49. The van der Waals surface area contributed by atoms with Crippen LogP contribution in [-0.2, 0) is 14.2 Å². The number of rotatable bonds is 5. The maximum absolute atomic E-state index is 12.5. The van der Waals surface area contributed by atoms with Crippen molar-refractivity contribution in [3.8, 4) is 5.75 Å². The first-order valence-electron chi connectivity index (χ1n) is 7.84. The number of ether oxygens (including phenoxy) is 4. The molecule has 1 aromatic rings. The number of halogens is 1. The molecule has 0 bridgehead atoms. The first-order chi connectivity index (χ1) is 11.6. The van der Waals surface area contributed by atoms with Gasteiger partial charge in [0.15, 0.2) is 5.75 Å². The van der Waals surface area contributed by atoms with Crippen molar-refractivity contribution in [1.82, 2.24) is 4.57 Å². The predicted octanol–water partition coefficient (Wildman–Crippen LogP) is 1.42. The molecule has 8 heteroatoms. The largest absolute Gasteiger partial charge is 0.491 e. The number of hydrogen-bond donors (Lipinski definition) is 1. The van der Waals surface area contributed by atoms with Gasteiger partial charge < -0.3 is 28.6 Å². The van der Waals surface area contributed by atoms with Gasteiger partial charge in [0.1, 0.15) is 17.8 Å². The Bertz CT molecular complexity index is 677. The molecule has 3 heterocycles. The fraction of sp³-hybridized carbons (Fsp3) is 0.688. The highest BCUT2D eigenvalue weighted by atomic mass is 79.9. The Kier molecular flexibility index (Phi) is 5.04. The van der Waals surface area contributed by atoms with Gasteiger partial charge in [-0.1, -0.05) is 0 Å². The molecule has 1 saturated heterocycles. The van der Waals surface area contributed by atoms with Crippen molar-refractivity contribution in [1.29, 1.82) is 0 Å². The zero-order valence-electron chi connectivity index (χ0n) is 14.0. The van der Waals surface area contributed by atoms with Crippen LogP contribution in [0.2, 0.25) is 0 Å². The first kappa shape index (κ1) is 17.9. The molecule has 4 unspecified atom stereocenters. The van der Waals surface area contributed by atoms with E-state index in [1.807, 2.05) is 4.57 Å². The SMILES string of the molecule is COc1c2n(cc(Br)c1=O)C1CCOC1C(CCO)(OC)C2OC. The van der Waals surface area contributed by atoms with Crippen LogP contribution in [0.25, 0.3) is 0 Å². The number of hydrogen-bond acceptors (Lipinski definition) is 6. The molecule has 4 atom stereocenters. The van der Waals surface area contributed by atoms with Gasteiger partial charge in [0, 0.05) is 40.1 Å². The molecule has 0 saturated carbocycles. The average Bonchev–Trinajstić information content (AvgIpc) is 3.07. The van der Waals surface area contributed by atoms with Gasteiger partial charge in [-0.2, -0.15) is 0 Å². The maximum Gasteiger partial charge on any atom is 0.237 e. The van der Waals surface area contributed by atoms with Gasteiger partial charge in [-0.05, 0) is 22.4 Å². The van der Waals surface area contributed by atoms with Crippen LogP contribution in [0.5, 0.6) is 5.75 Å². The van der Waals surface area contributed by atoms with Crippen LogP contribution in [0.15, 0.2) is 15.5 Å². The van der Waals surface area contributed by atoms with Gasteiger partial charge in [-0.25, -0.2) is 0 Å². The van der Waals surface area contributed by atoms with Gasteiger partial charge in [0.2, 0.25) is 5.43 Å². The summed E-state index contributed by atoms with van der Waals surface area (Å²) in [6.07, 6.45) is 1.98. The molecule has 3 rings (SSSR count). The highest BCUT2D eigenvalue weighted by Crippen LogP contribution is 2.52. The van der Waals surface area contributed by atoms with Crippen LogP contribution in [0.3, 0.4) is 0 Å². The fourth-order valence-corrected chi connectivity index (χ4v) is 4.51. The van der Waals surface area contributed by atoms with Gasteiger partial charge in [0.25, 0.3) is 0 Å². The highest BCUT2D eigenvalue weighted by molar-refractivity contribution is 9.10. The molecule has 24 heavy (non-hydrogen) atoms. The molecule has 2 aliphatic heterocycles. The van der Waals surface area contributed by atoms with Gasteiger partial charge in [-0.3, -0.25) is 4.79 Å². The fourth-order valence-electron chi connectivity index (χ4n) is 4.11. The van der Waals surface area contributed by atoms with E-state index in [0.29, 0.717) is 23.2 Å². The summed E-state index contributed by atoms with van der Waals surface area (Å²) in [6.45, 7) is 0.497. The van der Waals surface area contributed by atoms with E-state index < -0.39 is 11.7 Å². The highest BCUT2D eigenvalue weighted by Gasteiger charge is 2.58. The number of methoxy groups -OCH3 is 3. The molecule has 0 aromatic carbocycles. The monoisotopic (exact) mass is 403 g/mol. The van der Waals surface area contributed by atoms with Crippen LogP contribution in [-0.4, -0.2) is 55.9 Å². The van der Waals surface area contributed by atoms with Gasteiger partial charge in [-0.15, -0.1) is 0 Å². The number of aliphatic hydroxyl groups is 1. The second-order valence-electron chi connectivity index (χ2n) is 6.03. The maximum atomic E-state index is 12.5. The molecule has 1 N–H and O–H groups in total. The summed E-state index contributed by atoms with van der Waals surface area (Å²) in [6, 6.07) is -0.0244. The lowest BCUT2D eigenvalue weighted by Crippen LogP contribution is -2.57. The molecule has 1 aromatic heterocycles. The second-order valence-corrected chi connectivity index (χ2v) is 6.88. The third kappa shape index (κ3) is 2.35. The standard InChI is InChI=1S/C16H22BrNO6/c1-21-13-11-15(22-2)16(23-3,5-6-19)14-10(4-7-24-14)18(11)8-9(17)12(13)20/h8,10,14-15,19H,4-7H2,1-3H3. The van der Waals surface area contributed by atoms with Crippen LogP contribution < -0.4 is 10.2 Å². The minimum absolute atomic E-state index is 0.0244. The van der Waals surface area contributed by atoms with Crippen molar-refractivity contribution in [2.75, 3.05) is 34.5 Å². The number of aromatic nitrogens is 1. The summed E-state index contributed by atoms with van der Waals surface area (Å²) >= 11 is 3.31. The lowest BCUT2D eigenvalue weighted by molar-refractivity contribution is -0.208.